The summed E-state index contributed by atoms with van der Waals surface area (Å²) in [5.41, 5.74) is 2.37. The number of benzene rings is 2. The Hall–Kier alpha value is -1.51. The first kappa shape index (κ1) is 13.9. The van der Waals surface area contributed by atoms with Gasteiger partial charge in [-0.05, 0) is 41.8 Å². The van der Waals surface area contributed by atoms with Crippen LogP contribution in [0.5, 0.6) is 0 Å². The number of hydrogen-bond acceptors (Lipinski definition) is 2. The Morgan fingerprint density at radius 2 is 1.84 bits per heavy atom. The summed E-state index contributed by atoms with van der Waals surface area (Å²) in [5, 5.41) is 1.18. The molecule has 0 aliphatic carbocycles. The van der Waals surface area contributed by atoms with Crippen LogP contribution in [0, 0.1) is 0 Å². The lowest BCUT2D eigenvalue weighted by atomic mass is 10.00. The molecule has 0 saturated heterocycles. The number of ether oxygens (including phenoxy) is 1. The number of rotatable bonds is 3. The molecule has 2 rings (SSSR count). The van der Waals surface area contributed by atoms with Crippen molar-refractivity contribution in [2.75, 3.05) is 7.11 Å². The van der Waals surface area contributed by atoms with Gasteiger partial charge >= 0.3 is 5.97 Å². The third-order valence-corrected chi connectivity index (χ3v) is 3.23. The van der Waals surface area contributed by atoms with E-state index in [1.807, 2.05) is 30.3 Å². The van der Waals surface area contributed by atoms with Crippen LogP contribution < -0.4 is 0 Å². The molecule has 0 unspecified atom stereocenters. The molecule has 0 aliphatic heterocycles. The normalized spacial score (nSPS) is 10.3. The molecule has 0 atom stereocenters. The van der Waals surface area contributed by atoms with Gasteiger partial charge in [0.05, 0.1) is 12.7 Å². The van der Waals surface area contributed by atoms with Crippen molar-refractivity contribution in [3.05, 3.63) is 69.2 Å². The molecule has 4 heteroatoms. The molecular formula is C15H12Cl2O2. The van der Waals surface area contributed by atoms with Crippen LogP contribution in [-0.4, -0.2) is 13.1 Å². The van der Waals surface area contributed by atoms with Crippen LogP contribution >= 0.6 is 23.2 Å². The van der Waals surface area contributed by atoms with Crippen LogP contribution in [0.1, 0.15) is 21.5 Å². The largest absolute Gasteiger partial charge is 0.465 e. The molecule has 0 N–H and O–H groups in total. The highest BCUT2D eigenvalue weighted by molar-refractivity contribution is 6.31. The Morgan fingerprint density at radius 3 is 2.53 bits per heavy atom. The molecule has 0 aliphatic rings. The van der Waals surface area contributed by atoms with Gasteiger partial charge in [-0.15, -0.1) is 0 Å². The van der Waals surface area contributed by atoms with Crippen LogP contribution in [0.3, 0.4) is 0 Å². The molecule has 0 bridgehead atoms. The van der Waals surface area contributed by atoms with Crippen molar-refractivity contribution < 1.29 is 9.53 Å². The molecule has 0 amide bonds. The zero-order valence-corrected chi connectivity index (χ0v) is 11.8. The minimum absolute atomic E-state index is 0.389. The molecule has 0 heterocycles. The highest BCUT2D eigenvalue weighted by Crippen LogP contribution is 2.21. The van der Waals surface area contributed by atoms with Gasteiger partial charge in [0.25, 0.3) is 0 Å². The fourth-order valence-electron chi connectivity index (χ4n) is 1.87. The molecule has 2 nitrogen and oxygen atoms in total. The standard InChI is InChI=1S/C15H12Cl2O2/c1-19-15(18)14-9-13(17)6-5-11(14)7-10-3-2-4-12(16)8-10/h2-6,8-9H,7H2,1H3. The monoisotopic (exact) mass is 294 g/mol. The summed E-state index contributed by atoms with van der Waals surface area (Å²) in [5.74, 6) is -0.389. The van der Waals surface area contributed by atoms with E-state index in [1.165, 1.54) is 7.11 Å². The molecule has 2 aromatic carbocycles. The summed E-state index contributed by atoms with van der Waals surface area (Å²) in [4.78, 5) is 11.7. The smallest absolute Gasteiger partial charge is 0.338 e. The van der Waals surface area contributed by atoms with Crippen molar-refractivity contribution in [3.8, 4) is 0 Å². The molecule has 19 heavy (non-hydrogen) atoms. The zero-order valence-electron chi connectivity index (χ0n) is 10.3. The Bertz CT molecular complexity index is 609. The van der Waals surface area contributed by atoms with E-state index in [4.69, 9.17) is 27.9 Å². The van der Waals surface area contributed by atoms with Gasteiger partial charge in [-0.25, -0.2) is 4.79 Å². The maximum absolute atomic E-state index is 11.7. The first-order chi connectivity index (χ1) is 9.10. The number of methoxy groups -OCH3 is 1. The fourth-order valence-corrected chi connectivity index (χ4v) is 2.25. The maximum atomic E-state index is 11.7. The number of carbonyl (C=O) groups is 1. The quantitative estimate of drug-likeness (QED) is 0.786. The SMILES string of the molecule is COC(=O)c1cc(Cl)ccc1Cc1cccc(Cl)c1. The third-order valence-electron chi connectivity index (χ3n) is 2.76. The molecular weight excluding hydrogens is 283 g/mol. The Kier molecular flexibility index (Phi) is 4.46. The van der Waals surface area contributed by atoms with E-state index in [1.54, 1.807) is 12.1 Å². The Morgan fingerprint density at radius 1 is 1.11 bits per heavy atom. The fraction of sp³-hybridized carbons (Fsp3) is 0.133. The summed E-state index contributed by atoms with van der Waals surface area (Å²) < 4.78 is 4.77. The van der Waals surface area contributed by atoms with E-state index in [0.29, 0.717) is 22.0 Å². The molecule has 0 aromatic heterocycles. The lowest BCUT2D eigenvalue weighted by molar-refractivity contribution is 0.0599. The maximum Gasteiger partial charge on any atom is 0.338 e. The van der Waals surface area contributed by atoms with Crippen LogP contribution in [-0.2, 0) is 11.2 Å². The topological polar surface area (TPSA) is 26.3 Å². The van der Waals surface area contributed by atoms with E-state index in [-0.39, 0.29) is 5.97 Å². The number of hydrogen-bond donors (Lipinski definition) is 0. The second kappa shape index (κ2) is 6.09. The summed E-state index contributed by atoms with van der Waals surface area (Å²) in [6.07, 6.45) is 0.599. The van der Waals surface area contributed by atoms with Gasteiger partial charge in [0.1, 0.15) is 0 Å². The van der Waals surface area contributed by atoms with Gasteiger partial charge in [-0.1, -0.05) is 41.4 Å². The van der Waals surface area contributed by atoms with Crippen molar-refractivity contribution in [1.29, 1.82) is 0 Å². The Balaban J connectivity index is 2.37. The van der Waals surface area contributed by atoms with Crippen molar-refractivity contribution in [2.24, 2.45) is 0 Å². The minimum atomic E-state index is -0.389. The second-order valence-corrected chi connectivity index (χ2v) is 4.97. The molecule has 0 radical (unpaired) electrons. The average molecular weight is 295 g/mol. The summed E-state index contributed by atoms with van der Waals surface area (Å²) in [6, 6.07) is 12.7. The van der Waals surface area contributed by atoms with E-state index in [2.05, 4.69) is 0 Å². The van der Waals surface area contributed by atoms with E-state index in [0.717, 1.165) is 11.1 Å². The van der Waals surface area contributed by atoms with Crippen molar-refractivity contribution >= 4 is 29.2 Å². The van der Waals surface area contributed by atoms with E-state index in [9.17, 15) is 4.79 Å². The minimum Gasteiger partial charge on any atom is -0.465 e. The molecule has 0 saturated carbocycles. The predicted molar refractivity (Wildman–Crippen MR) is 77.0 cm³/mol. The predicted octanol–water partition coefficient (Wildman–Crippen LogP) is 4.37. The van der Waals surface area contributed by atoms with Gasteiger partial charge in [0.2, 0.25) is 0 Å². The van der Waals surface area contributed by atoms with Gasteiger partial charge < -0.3 is 4.74 Å². The van der Waals surface area contributed by atoms with Gasteiger partial charge in [-0.2, -0.15) is 0 Å². The number of halogens is 2. The first-order valence-corrected chi connectivity index (χ1v) is 6.47. The Labute approximate surface area is 121 Å². The van der Waals surface area contributed by atoms with Gasteiger partial charge in [-0.3, -0.25) is 0 Å². The van der Waals surface area contributed by atoms with Crippen LogP contribution in [0.25, 0.3) is 0 Å². The first-order valence-electron chi connectivity index (χ1n) is 5.71. The highest BCUT2D eigenvalue weighted by atomic mass is 35.5. The molecule has 98 valence electrons. The second-order valence-electron chi connectivity index (χ2n) is 4.10. The number of esters is 1. The summed E-state index contributed by atoms with van der Waals surface area (Å²) in [6.45, 7) is 0. The van der Waals surface area contributed by atoms with Gasteiger partial charge in [0.15, 0.2) is 0 Å². The molecule has 2 aromatic rings. The van der Waals surface area contributed by atoms with E-state index >= 15 is 0 Å². The van der Waals surface area contributed by atoms with Crippen LogP contribution in [0.4, 0.5) is 0 Å². The lowest BCUT2D eigenvalue weighted by Crippen LogP contribution is -2.06. The van der Waals surface area contributed by atoms with Crippen LogP contribution in [0.2, 0.25) is 10.0 Å². The average Bonchev–Trinajstić information content (AvgIpc) is 2.40. The zero-order chi connectivity index (χ0) is 13.8. The van der Waals surface area contributed by atoms with E-state index < -0.39 is 0 Å². The summed E-state index contributed by atoms with van der Waals surface area (Å²) >= 11 is 11.9. The molecule has 0 fully saturated rings. The highest BCUT2D eigenvalue weighted by Gasteiger charge is 2.12. The van der Waals surface area contributed by atoms with Crippen molar-refractivity contribution in [1.82, 2.24) is 0 Å². The summed E-state index contributed by atoms with van der Waals surface area (Å²) in [7, 11) is 1.35. The van der Waals surface area contributed by atoms with Crippen molar-refractivity contribution in [3.63, 3.8) is 0 Å². The lowest BCUT2D eigenvalue weighted by Gasteiger charge is -2.09. The number of carbonyl (C=O) groups excluding carboxylic acids is 1. The van der Waals surface area contributed by atoms with Gasteiger partial charge in [0, 0.05) is 10.0 Å². The van der Waals surface area contributed by atoms with Crippen molar-refractivity contribution in [2.45, 2.75) is 6.42 Å². The van der Waals surface area contributed by atoms with Crippen LogP contribution in [0.15, 0.2) is 42.5 Å². The molecule has 0 spiro atoms. The third kappa shape index (κ3) is 3.49.